The van der Waals surface area contributed by atoms with Crippen molar-refractivity contribution >= 4 is 5.91 Å². The van der Waals surface area contributed by atoms with E-state index < -0.39 is 0 Å². The van der Waals surface area contributed by atoms with E-state index in [1.165, 1.54) is 25.0 Å². The van der Waals surface area contributed by atoms with Gasteiger partial charge in [0.1, 0.15) is 5.82 Å². The first-order valence-corrected chi connectivity index (χ1v) is 8.59. The standard InChI is InChI=1S/C18H25FN2O2/c19-15-7-5-14(6-8-15)17-13-21(11-12-23-17)10-9-18(22)20-16-3-1-2-4-16/h5-8,16-17H,1-4,9-13H2,(H,20,22). The monoisotopic (exact) mass is 320 g/mol. The highest BCUT2D eigenvalue weighted by atomic mass is 19.1. The molecule has 23 heavy (non-hydrogen) atoms. The van der Waals surface area contributed by atoms with Gasteiger partial charge in [-0.1, -0.05) is 25.0 Å². The maximum absolute atomic E-state index is 13.0. The lowest BCUT2D eigenvalue weighted by atomic mass is 10.1. The number of rotatable bonds is 5. The van der Waals surface area contributed by atoms with Crippen LogP contribution in [0.1, 0.15) is 43.8 Å². The maximum atomic E-state index is 13.0. The zero-order chi connectivity index (χ0) is 16.1. The molecule has 1 heterocycles. The molecule has 2 aliphatic rings. The fraction of sp³-hybridized carbons (Fsp3) is 0.611. The van der Waals surface area contributed by atoms with Crippen LogP contribution in [-0.4, -0.2) is 43.1 Å². The van der Waals surface area contributed by atoms with Crippen LogP contribution >= 0.6 is 0 Å². The van der Waals surface area contributed by atoms with Gasteiger partial charge in [0, 0.05) is 32.1 Å². The van der Waals surface area contributed by atoms with Crippen LogP contribution in [0.4, 0.5) is 4.39 Å². The molecule has 4 nitrogen and oxygen atoms in total. The van der Waals surface area contributed by atoms with Gasteiger partial charge in [-0.05, 0) is 30.5 Å². The molecule has 0 spiro atoms. The van der Waals surface area contributed by atoms with Crippen molar-refractivity contribution in [1.29, 1.82) is 0 Å². The second-order valence-electron chi connectivity index (χ2n) is 6.51. The number of carbonyl (C=O) groups excluding carboxylic acids is 1. The number of nitrogens with one attached hydrogen (secondary N) is 1. The van der Waals surface area contributed by atoms with E-state index >= 15 is 0 Å². The van der Waals surface area contributed by atoms with Gasteiger partial charge in [0.2, 0.25) is 5.91 Å². The summed E-state index contributed by atoms with van der Waals surface area (Å²) in [7, 11) is 0. The third kappa shape index (κ3) is 4.75. The van der Waals surface area contributed by atoms with Crippen LogP contribution in [0.2, 0.25) is 0 Å². The minimum Gasteiger partial charge on any atom is -0.371 e. The molecular weight excluding hydrogens is 295 g/mol. The van der Waals surface area contributed by atoms with Crippen LogP contribution in [0.25, 0.3) is 0 Å². The van der Waals surface area contributed by atoms with Gasteiger partial charge >= 0.3 is 0 Å². The SMILES string of the molecule is O=C(CCN1CCOC(c2ccc(F)cc2)C1)NC1CCCC1. The molecule has 126 valence electrons. The van der Waals surface area contributed by atoms with Gasteiger partial charge in [-0.15, -0.1) is 0 Å². The first-order valence-electron chi connectivity index (χ1n) is 8.59. The summed E-state index contributed by atoms with van der Waals surface area (Å²) in [6, 6.07) is 6.87. The van der Waals surface area contributed by atoms with Crippen molar-refractivity contribution in [3.05, 3.63) is 35.6 Å². The lowest BCUT2D eigenvalue weighted by molar-refractivity contribution is -0.122. The fourth-order valence-electron chi connectivity index (χ4n) is 3.41. The number of nitrogens with zero attached hydrogens (tertiary/aromatic N) is 1. The Balaban J connectivity index is 1.44. The van der Waals surface area contributed by atoms with E-state index in [-0.39, 0.29) is 17.8 Å². The highest BCUT2D eigenvalue weighted by Crippen LogP contribution is 2.22. The Morgan fingerprint density at radius 1 is 1.26 bits per heavy atom. The first kappa shape index (κ1) is 16.4. The van der Waals surface area contributed by atoms with Crippen molar-refractivity contribution in [3.8, 4) is 0 Å². The summed E-state index contributed by atoms with van der Waals surface area (Å²) in [5.41, 5.74) is 0.992. The fourth-order valence-corrected chi connectivity index (χ4v) is 3.41. The molecule has 1 amide bonds. The largest absolute Gasteiger partial charge is 0.371 e. The summed E-state index contributed by atoms with van der Waals surface area (Å²) in [4.78, 5) is 14.3. The number of ether oxygens (including phenoxy) is 1. The predicted octanol–water partition coefficient (Wildman–Crippen LogP) is 2.65. The van der Waals surface area contributed by atoms with E-state index in [0.717, 1.165) is 38.0 Å². The summed E-state index contributed by atoms with van der Waals surface area (Å²) in [6.07, 6.45) is 5.20. The molecule has 3 rings (SSSR count). The molecule has 2 fully saturated rings. The quantitative estimate of drug-likeness (QED) is 0.907. The third-order valence-corrected chi connectivity index (χ3v) is 4.77. The minimum absolute atomic E-state index is 0.0396. The van der Waals surface area contributed by atoms with Crippen LogP contribution in [-0.2, 0) is 9.53 Å². The molecule has 1 unspecified atom stereocenters. The van der Waals surface area contributed by atoms with Crippen LogP contribution in [0.3, 0.4) is 0 Å². The molecule has 1 saturated heterocycles. The lowest BCUT2D eigenvalue weighted by Crippen LogP contribution is -2.41. The number of carbonyl (C=O) groups is 1. The number of benzene rings is 1. The molecule has 0 radical (unpaired) electrons. The van der Waals surface area contributed by atoms with Crippen LogP contribution in [0, 0.1) is 5.82 Å². The number of hydrogen-bond donors (Lipinski definition) is 1. The molecule has 1 aromatic rings. The number of morpholine rings is 1. The second kappa shape index (κ2) is 7.88. The van der Waals surface area contributed by atoms with Crippen LogP contribution in [0.15, 0.2) is 24.3 Å². The van der Waals surface area contributed by atoms with Crippen molar-refractivity contribution in [2.45, 2.75) is 44.2 Å². The van der Waals surface area contributed by atoms with Gasteiger partial charge in [0.15, 0.2) is 0 Å². The maximum Gasteiger partial charge on any atom is 0.221 e. The Labute approximate surface area is 137 Å². The summed E-state index contributed by atoms with van der Waals surface area (Å²) >= 11 is 0. The van der Waals surface area contributed by atoms with E-state index in [1.54, 1.807) is 12.1 Å². The number of hydrogen-bond acceptors (Lipinski definition) is 3. The van der Waals surface area contributed by atoms with Crippen molar-refractivity contribution < 1.29 is 13.9 Å². The molecule has 0 aromatic heterocycles. The topological polar surface area (TPSA) is 41.6 Å². The molecule has 1 saturated carbocycles. The molecule has 5 heteroatoms. The smallest absolute Gasteiger partial charge is 0.221 e. The van der Waals surface area contributed by atoms with E-state index in [9.17, 15) is 9.18 Å². The van der Waals surface area contributed by atoms with E-state index in [4.69, 9.17) is 4.74 Å². The Bertz CT molecular complexity index is 514. The summed E-state index contributed by atoms with van der Waals surface area (Å²) in [5, 5.41) is 3.13. The molecule has 1 N–H and O–H groups in total. The Morgan fingerprint density at radius 2 is 2.00 bits per heavy atom. The van der Waals surface area contributed by atoms with Gasteiger partial charge in [0.05, 0.1) is 12.7 Å². The first-order chi connectivity index (χ1) is 11.2. The second-order valence-corrected chi connectivity index (χ2v) is 6.51. The molecular formula is C18H25FN2O2. The van der Waals surface area contributed by atoms with Gasteiger partial charge in [-0.25, -0.2) is 4.39 Å². The van der Waals surface area contributed by atoms with Crippen LogP contribution in [0.5, 0.6) is 0 Å². The van der Waals surface area contributed by atoms with Crippen molar-refractivity contribution in [1.82, 2.24) is 10.2 Å². The average molecular weight is 320 g/mol. The molecule has 1 aliphatic heterocycles. The van der Waals surface area contributed by atoms with Gasteiger partial charge in [-0.2, -0.15) is 0 Å². The van der Waals surface area contributed by atoms with E-state index in [2.05, 4.69) is 10.2 Å². The van der Waals surface area contributed by atoms with Crippen LogP contribution < -0.4 is 5.32 Å². The Morgan fingerprint density at radius 3 is 2.74 bits per heavy atom. The predicted molar refractivity (Wildman–Crippen MR) is 86.5 cm³/mol. The third-order valence-electron chi connectivity index (χ3n) is 4.77. The summed E-state index contributed by atoms with van der Waals surface area (Å²) in [5.74, 6) is -0.0771. The Kier molecular flexibility index (Phi) is 5.62. The highest BCUT2D eigenvalue weighted by molar-refractivity contribution is 5.76. The summed E-state index contributed by atoms with van der Waals surface area (Å²) in [6.45, 7) is 2.99. The molecule has 1 aromatic carbocycles. The minimum atomic E-state index is -0.231. The van der Waals surface area contributed by atoms with E-state index in [0.29, 0.717) is 19.1 Å². The lowest BCUT2D eigenvalue weighted by Gasteiger charge is -2.33. The zero-order valence-electron chi connectivity index (χ0n) is 13.5. The summed E-state index contributed by atoms with van der Waals surface area (Å²) < 4.78 is 18.8. The van der Waals surface area contributed by atoms with Crippen molar-refractivity contribution in [2.24, 2.45) is 0 Å². The van der Waals surface area contributed by atoms with Crippen molar-refractivity contribution in [2.75, 3.05) is 26.2 Å². The highest BCUT2D eigenvalue weighted by Gasteiger charge is 2.23. The number of amides is 1. The van der Waals surface area contributed by atoms with Gasteiger partial charge in [-0.3, -0.25) is 9.69 Å². The molecule has 1 atom stereocenters. The zero-order valence-corrected chi connectivity index (χ0v) is 13.5. The number of halogens is 1. The van der Waals surface area contributed by atoms with Crippen molar-refractivity contribution in [3.63, 3.8) is 0 Å². The van der Waals surface area contributed by atoms with Gasteiger partial charge < -0.3 is 10.1 Å². The van der Waals surface area contributed by atoms with E-state index in [1.807, 2.05) is 0 Å². The normalized spacial score (nSPS) is 23.1. The molecule has 1 aliphatic carbocycles. The molecule has 0 bridgehead atoms. The van der Waals surface area contributed by atoms with Gasteiger partial charge in [0.25, 0.3) is 0 Å². The average Bonchev–Trinajstić information content (AvgIpc) is 3.07. The Hall–Kier alpha value is -1.46.